The molecule has 0 aliphatic heterocycles. The highest BCUT2D eigenvalue weighted by Gasteiger charge is 2.23. The zero-order valence-electron chi connectivity index (χ0n) is 40.2. The van der Waals surface area contributed by atoms with E-state index in [0.717, 1.165) is 51.2 Å². The predicted molar refractivity (Wildman–Crippen MR) is 309 cm³/mol. The molecule has 12 aromatic rings. The van der Waals surface area contributed by atoms with Crippen LogP contribution in [0.25, 0.3) is 53.6 Å². The average molecular weight is 942 g/mol. The van der Waals surface area contributed by atoms with E-state index in [4.69, 9.17) is 0 Å². The van der Waals surface area contributed by atoms with Crippen molar-refractivity contribution >= 4 is 82.7 Å². The number of hydrogen-bond donors (Lipinski definition) is 0. The Morgan fingerprint density at radius 3 is 0.986 bits per heavy atom. The average Bonchev–Trinajstić information content (AvgIpc) is 3.82. The van der Waals surface area contributed by atoms with Crippen molar-refractivity contribution in [3.63, 3.8) is 0 Å². The van der Waals surface area contributed by atoms with Gasteiger partial charge in [0.15, 0.2) is 0 Å². The number of benzene rings is 11. The summed E-state index contributed by atoms with van der Waals surface area (Å²) in [7, 11) is 0. The molecule has 1 heterocycles. The Balaban J connectivity index is 1.07. The van der Waals surface area contributed by atoms with E-state index >= 15 is 0 Å². The Morgan fingerprint density at radius 1 is 0.236 bits per heavy atom. The van der Waals surface area contributed by atoms with Gasteiger partial charge in [-0.3, -0.25) is 0 Å². The number of nitrogens with zero attached hydrogens (tertiary/aromatic N) is 3. The molecule has 72 heavy (non-hydrogen) atoms. The molecule has 0 fully saturated rings. The first-order valence-corrected chi connectivity index (χ1v) is 25.4. The molecule has 0 saturated carbocycles. The number of thiophene rings is 1. The van der Waals surface area contributed by atoms with Gasteiger partial charge < -0.3 is 14.7 Å². The standard InChI is InChI=1S/C68H51N3S/c1-48-19-15-29-58(43-48)70(54-25-11-5-12-26-54)61-45-60(46-62(47-61)71(55-27-13-6-14-28-55)59-30-16-20-49(2)44-59)69(56-39-35-51(36-40-56)50-21-7-3-8-22-50)57-41-37-53(38-42-57)64-32-18-34-66-65-33-17-31-63(67(65)72-68(64)66)52-23-9-4-10-24-52/h3-47H,1-2H3. The van der Waals surface area contributed by atoms with E-state index in [1.54, 1.807) is 0 Å². The van der Waals surface area contributed by atoms with Crippen molar-refractivity contribution in [2.45, 2.75) is 13.8 Å². The molecular formula is C68H51N3S. The first-order chi connectivity index (χ1) is 35.5. The zero-order chi connectivity index (χ0) is 48.4. The number of fused-ring (bicyclic) bond motifs is 3. The summed E-state index contributed by atoms with van der Waals surface area (Å²) in [4.78, 5) is 7.18. The second-order valence-electron chi connectivity index (χ2n) is 18.4. The molecule has 0 saturated heterocycles. The Bertz CT molecular complexity index is 3710. The maximum absolute atomic E-state index is 2.41. The fraction of sp³-hybridized carbons (Fsp3) is 0.0294. The van der Waals surface area contributed by atoms with Crippen LogP contribution in [0, 0.1) is 13.8 Å². The van der Waals surface area contributed by atoms with Crippen LogP contribution in [0.15, 0.2) is 273 Å². The van der Waals surface area contributed by atoms with Crippen LogP contribution in [0.2, 0.25) is 0 Å². The van der Waals surface area contributed by atoms with Crippen molar-refractivity contribution in [3.8, 4) is 33.4 Å². The largest absolute Gasteiger partial charge is 0.310 e. The van der Waals surface area contributed by atoms with Crippen LogP contribution in [0.4, 0.5) is 51.2 Å². The molecule has 0 bridgehead atoms. The van der Waals surface area contributed by atoms with Crippen LogP contribution in [0.5, 0.6) is 0 Å². The molecule has 0 amide bonds. The third-order valence-corrected chi connectivity index (χ3v) is 14.8. The maximum Gasteiger partial charge on any atom is 0.0503 e. The summed E-state index contributed by atoms with van der Waals surface area (Å²) in [6, 6.07) is 99.1. The molecule has 0 radical (unpaired) electrons. The summed E-state index contributed by atoms with van der Waals surface area (Å²) in [5.41, 5.74) is 19.1. The van der Waals surface area contributed by atoms with Crippen LogP contribution in [0.3, 0.4) is 0 Å². The highest BCUT2D eigenvalue weighted by Crippen LogP contribution is 2.48. The van der Waals surface area contributed by atoms with Crippen molar-refractivity contribution in [2.75, 3.05) is 14.7 Å². The summed E-state index contributed by atoms with van der Waals surface area (Å²) < 4.78 is 2.61. The van der Waals surface area contributed by atoms with Crippen molar-refractivity contribution in [3.05, 3.63) is 284 Å². The summed E-state index contributed by atoms with van der Waals surface area (Å²) in [6.45, 7) is 4.33. The van der Waals surface area contributed by atoms with Gasteiger partial charge in [-0.2, -0.15) is 0 Å². The number of hydrogen-bond acceptors (Lipinski definition) is 4. The molecule has 12 rings (SSSR count). The van der Waals surface area contributed by atoms with Gasteiger partial charge >= 0.3 is 0 Å². The van der Waals surface area contributed by atoms with Gasteiger partial charge in [-0.1, -0.05) is 182 Å². The molecule has 0 aliphatic carbocycles. The Morgan fingerprint density at radius 2 is 0.556 bits per heavy atom. The SMILES string of the molecule is Cc1cccc(N(c2ccccc2)c2cc(N(c3ccc(-c4ccccc4)cc3)c3ccc(-c4cccc5c4sc4c(-c6ccccc6)cccc45)cc3)cc(N(c3ccccc3)c3cccc(C)c3)c2)c1. The molecule has 1 aromatic heterocycles. The Labute approximate surface area is 426 Å². The molecule has 344 valence electrons. The summed E-state index contributed by atoms with van der Waals surface area (Å²) in [5.74, 6) is 0. The van der Waals surface area contributed by atoms with Crippen LogP contribution >= 0.6 is 11.3 Å². The first-order valence-electron chi connectivity index (χ1n) is 24.6. The lowest BCUT2D eigenvalue weighted by Gasteiger charge is -2.33. The molecule has 4 heteroatoms. The van der Waals surface area contributed by atoms with E-state index < -0.39 is 0 Å². The number of rotatable bonds is 12. The highest BCUT2D eigenvalue weighted by molar-refractivity contribution is 7.26. The Kier molecular flexibility index (Phi) is 12.0. The van der Waals surface area contributed by atoms with Crippen LogP contribution < -0.4 is 14.7 Å². The van der Waals surface area contributed by atoms with Gasteiger partial charge in [0.25, 0.3) is 0 Å². The number of anilines is 9. The Hall–Kier alpha value is -8.96. The smallest absolute Gasteiger partial charge is 0.0503 e. The minimum atomic E-state index is 1.02. The molecule has 0 aliphatic rings. The van der Waals surface area contributed by atoms with Crippen LogP contribution in [-0.2, 0) is 0 Å². The number of para-hydroxylation sites is 2. The van der Waals surface area contributed by atoms with Gasteiger partial charge in [0, 0.05) is 54.3 Å². The van der Waals surface area contributed by atoms with Gasteiger partial charge in [0.05, 0.1) is 17.1 Å². The van der Waals surface area contributed by atoms with E-state index in [2.05, 4.69) is 302 Å². The van der Waals surface area contributed by atoms with E-state index in [9.17, 15) is 0 Å². The van der Waals surface area contributed by atoms with Crippen molar-refractivity contribution in [2.24, 2.45) is 0 Å². The quantitative estimate of drug-likeness (QED) is 0.121. The van der Waals surface area contributed by atoms with Gasteiger partial charge in [-0.25, -0.2) is 0 Å². The van der Waals surface area contributed by atoms with Gasteiger partial charge in [0.1, 0.15) is 0 Å². The summed E-state index contributed by atoms with van der Waals surface area (Å²) >= 11 is 1.89. The van der Waals surface area contributed by atoms with Crippen molar-refractivity contribution in [1.29, 1.82) is 0 Å². The monoisotopic (exact) mass is 941 g/mol. The van der Waals surface area contributed by atoms with E-state index in [1.165, 1.54) is 64.7 Å². The molecule has 0 spiro atoms. The van der Waals surface area contributed by atoms with E-state index in [1.807, 2.05) is 11.3 Å². The summed E-state index contributed by atoms with van der Waals surface area (Å²) in [6.07, 6.45) is 0. The van der Waals surface area contributed by atoms with E-state index in [0.29, 0.717) is 0 Å². The minimum Gasteiger partial charge on any atom is -0.310 e. The second kappa shape index (κ2) is 19.4. The lowest BCUT2D eigenvalue weighted by molar-refractivity contribution is 1.22. The van der Waals surface area contributed by atoms with Crippen LogP contribution in [0.1, 0.15) is 11.1 Å². The highest BCUT2D eigenvalue weighted by atomic mass is 32.1. The predicted octanol–water partition coefficient (Wildman–Crippen LogP) is 20.1. The molecule has 0 N–H and O–H groups in total. The summed E-state index contributed by atoms with van der Waals surface area (Å²) in [5, 5.41) is 2.58. The maximum atomic E-state index is 2.41. The molecule has 0 unspecified atom stereocenters. The zero-order valence-corrected chi connectivity index (χ0v) is 41.0. The third kappa shape index (κ3) is 8.70. The normalized spacial score (nSPS) is 11.2. The van der Waals surface area contributed by atoms with E-state index in [-0.39, 0.29) is 0 Å². The van der Waals surface area contributed by atoms with Gasteiger partial charge in [0.2, 0.25) is 0 Å². The van der Waals surface area contributed by atoms with Gasteiger partial charge in [-0.05, 0) is 149 Å². The van der Waals surface area contributed by atoms with Crippen molar-refractivity contribution in [1.82, 2.24) is 0 Å². The molecule has 11 aromatic carbocycles. The third-order valence-electron chi connectivity index (χ3n) is 13.5. The first kappa shape index (κ1) is 44.3. The van der Waals surface area contributed by atoms with Crippen molar-refractivity contribution < 1.29 is 0 Å². The fourth-order valence-corrected chi connectivity index (χ4v) is 11.5. The lowest BCUT2D eigenvalue weighted by Crippen LogP contribution is -2.16. The molecule has 3 nitrogen and oxygen atoms in total. The molecule has 0 atom stereocenters. The molecular weight excluding hydrogens is 891 g/mol. The minimum absolute atomic E-state index is 1.02. The van der Waals surface area contributed by atoms with Crippen LogP contribution in [-0.4, -0.2) is 0 Å². The number of aryl methyl sites for hydroxylation is 2. The second-order valence-corrected chi connectivity index (χ2v) is 19.4. The van der Waals surface area contributed by atoms with Gasteiger partial charge in [-0.15, -0.1) is 11.3 Å². The lowest BCUT2D eigenvalue weighted by atomic mass is 10.00. The fourth-order valence-electron chi connectivity index (χ4n) is 10.1. The topological polar surface area (TPSA) is 9.72 Å².